The number of benzene rings is 2. The minimum Gasteiger partial charge on any atom is -0.354 e. The van der Waals surface area contributed by atoms with Crippen LogP contribution in [0.15, 0.2) is 53.9 Å². The first kappa shape index (κ1) is 26.1. The van der Waals surface area contributed by atoms with E-state index in [1.54, 1.807) is 4.90 Å². The first-order valence-corrected chi connectivity index (χ1v) is 12.4. The predicted molar refractivity (Wildman–Crippen MR) is 139 cm³/mol. The summed E-state index contributed by atoms with van der Waals surface area (Å²) in [5.74, 6) is 0.994. The smallest absolute Gasteiger partial charge is 0.229 e. The number of rotatable bonds is 8. The van der Waals surface area contributed by atoms with E-state index in [9.17, 15) is 15.3 Å². The van der Waals surface area contributed by atoms with Crippen LogP contribution in [-0.2, 0) is 17.2 Å². The van der Waals surface area contributed by atoms with E-state index in [-0.39, 0.29) is 23.9 Å². The molecule has 0 bridgehead atoms. The molecule has 2 aromatic rings. The van der Waals surface area contributed by atoms with Crippen LogP contribution >= 0.6 is 11.6 Å². The Bertz CT molecular complexity index is 1150. The molecular weight excluding hydrogens is 458 g/mol. The summed E-state index contributed by atoms with van der Waals surface area (Å²) in [6, 6.07) is 18.2. The van der Waals surface area contributed by atoms with E-state index in [4.69, 9.17) is 11.6 Å². The molecule has 0 saturated carbocycles. The molecule has 35 heavy (non-hydrogen) atoms. The van der Waals surface area contributed by atoms with Crippen molar-refractivity contribution in [1.82, 2.24) is 9.80 Å². The molecule has 0 aromatic heterocycles. The lowest BCUT2D eigenvalue weighted by Gasteiger charge is -2.29. The second-order valence-electron chi connectivity index (χ2n) is 9.24. The van der Waals surface area contributed by atoms with E-state index < -0.39 is 0 Å². The number of nitrogens with zero attached hydrogens (tertiary/aromatic N) is 5. The molecule has 1 heterocycles. The molecule has 1 fully saturated rings. The van der Waals surface area contributed by atoms with Gasteiger partial charge < -0.3 is 14.7 Å². The molecule has 0 N–H and O–H groups in total. The molecule has 3 rings (SSSR count). The lowest BCUT2D eigenvalue weighted by atomic mass is 10.1. The summed E-state index contributed by atoms with van der Waals surface area (Å²) >= 11 is 6.00. The van der Waals surface area contributed by atoms with Crippen molar-refractivity contribution >= 4 is 23.2 Å². The van der Waals surface area contributed by atoms with Crippen molar-refractivity contribution in [2.24, 2.45) is 0 Å². The van der Waals surface area contributed by atoms with E-state index in [2.05, 4.69) is 49.1 Å². The van der Waals surface area contributed by atoms with Gasteiger partial charge in [0.25, 0.3) is 0 Å². The molecule has 0 aliphatic carbocycles. The summed E-state index contributed by atoms with van der Waals surface area (Å²) in [6.07, 6.45) is 0.272. The monoisotopic (exact) mass is 489 g/mol. The van der Waals surface area contributed by atoms with Crippen molar-refractivity contribution in [2.75, 3.05) is 24.5 Å². The lowest BCUT2D eigenvalue weighted by molar-refractivity contribution is -0.119. The third kappa shape index (κ3) is 6.35. The molecule has 1 aliphatic rings. The zero-order chi connectivity index (χ0) is 25.5. The molecule has 0 atom stereocenters. The van der Waals surface area contributed by atoms with E-state index in [1.807, 2.05) is 43.0 Å². The van der Waals surface area contributed by atoms with E-state index in [0.29, 0.717) is 37.9 Å². The van der Waals surface area contributed by atoms with Crippen molar-refractivity contribution in [3.63, 3.8) is 0 Å². The van der Waals surface area contributed by atoms with E-state index in [1.165, 1.54) is 11.1 Å². The number of alkyl halides is 1. The van der Waals surface area contributed by atoms with Gasteiger partial charge in [0.1, 0.15) is 18.0 Å². The van der Waals surface area contributed by atoms with Crippen LogP contribution in [-0.4, -0.2) is 41.4 Å². The first-order chi connectivity index (χ1) is 16.8. The fourth-order valence-electron chi connectivity index (χ4n) is 4.72. The van der Waals surface area contributed by atoms with Gasteiger partial charge in [-0.05, 0) is 51.0 Å². The Morgan fingerprint density at radius 3 is 2.29 bits per heavy atom. The zero-order valence-corrected chi connectivity index (χ0v) is 21.6. The standard InChI is InChI=1S/C28H32ClN5O/c1-20(2)34(26-7-5-6-23(15-26)16-29)27(35)8-9-32-10-11-33(28(32)25(17-30)18-31)19-24-13-21(3)12-22(4)14-24/h5-7,12-15,20H,8-11,16,19H2,1-4H3. The van der Waals surface area contributed by atoms with E-state index in [0.717, 1.165) is 16.8 Å². The van der Waals surface area contributed by atoms with Gasteiger partial charge in [0.05, 0.1) is 0 Å². The summed E-state index contributed by atoms with van der Waals surface area (Å²) < 4.78 is 0. The average Bonchev–Trinajstić information content (AvgIpc) is 3.20. The molecule has 6 nitrogen and oxygen atoms in total. The first-order valence-electron chi connectivity index (χ1n) is 11.9. The van der Waals surface area contributed by atoms with Gasteiger partial charge in [-0.25, -0.2) is 0 Å². The highest BCUT2D eigenvalue weighted by molar-refractivity contribution is 6.17. The van der Waals surface area contributed by atoms with Crippen LogP contribution in [0.25, 0.3) is 0 Å². The van der Waals surface area contributed by atoms with Gasteiger partial charge in [0.2, 0.25) is 5.91 Å². The molecule has 0 unspecified atom stereocenters. The van der Waals surface area contributed by atoms with E-state index >= 15 is 0 Å². The minimum absolute atomic E-state index is 0.00528. The van der Waals surface area contributed by atoms with Crippen LogP contribution < -0.4 is 4.90 Å². The maximum atomic E-state index is 13.3. The normalized spacial score (nSPS) is 13.1. The van der Waals surface area contributed by atoms with Crippen LogP contribution in [0.1, 0.15) is 42.5 Å². The SMILES string of the molecule is Cc1cc(C)cc(CN2CCN(CCC(=O)N(c3cccc(CCl)c3)C(C)C)C2=C(C#N)C#N)c1. The summed E-state index contributed by atoms with van der Waals surface area (Å²) in [7, 11) is 0. The maximum Gasteiger partial charge on any atom is 0.229 e. The number of amides is 1. The molecule has 1 amide bonds. The Kier molecular flexibility index (Phi) is 8.79. The Hall–Kier alpha value is -3.48. The number of allylic oxidation sites excluding steroid dienone is 1. The molecule has 1 saturated heterocycles. The average molecular weight is 490 g/mol. The second kappa shape index (κ2) is 11.8. The van der Waals surface area contributed by atoms with Crippen LogP contribution in [0.4, 0.5) is 5.69 Å². The number of carbonyl (C=O) groups excluding carboxylic acids is 1. The van der Waals surface area contributed by atoms with Crippen LogP contribution in [0.5, 0.6) is 0 Å². The maximum absolute atomic E-state index is 13.3. The second-order valence-corrected chi connectivity index (χ2v) is 9.51. The van der Waals surface area contributed by atoms with Gasteiger partial charge in [0, 0.05) is 50.2 Å². The van der Waals surface area contributed by atoms with Gasteiger partial charge in [-0.15, -0.1) is 11.6 Å². The fourth-order valence-corrected chi connectivity index (χ4v) is 4.88. The largest absolute Gasteiger partial charge is 0.354 e. The Labute approximate surface area is 213 Å². The summed E-state index contributed by atoms with van der Waals surface area (Å²) in [5, 5.41) is 19.3. The molecule has 7 heteroatoms. The van der Waals surface area contributed by atoms with Gasteiger partial charge in [-0.3, -0.25) is 4.79 Å². The molecule has 1 aliphatic heterocycles. The molecule has 0 spiro atoms. The fraction of sp³-hybridized carbons (Fsp3) is 0.393. The Morgan fingerprint density at radius 1 is 1.03 bits per heavy atom. The topological polar surface area (TPSA) is 74.4 Å². The van der Waals surface area contributed by atoms with Crippen molar-refractivity contribution in [3.05, 3.63) is 76.1 Å². The highest BCUT2D eigenvalue weighted by Crippen LogP contribution is 2.26. The lowest BCUT2D eigenvalue weighted by Crippen LogP contribution is -2.39. The van der Waals surface area contributed by atoms with Crippen molar-refractivity contribution < 1.29 is 4.79 Å². The summed E-state index contributed by atoms with van der Waals surface area (Å²) in [4.78, 5) is 19.2. The van der Waals surface area contributed by atoms with Crippen molar-refractivity contribution in [3.8, 4) is 12.1 Å². The number of aryl methyl sites for hydroxylation is 2. The number of carbonyl (C=O) groups is 1. The zero-order valence-electron chi connectivity index (χ0n) is 20.9. The van der Waals surface area contributed by atoms with Crippen LogP contribution in [0.2, 0.25) is 0 Å². The number of hydrogen-bond donors (Lipinski definition) is 0. The van der Waals surface area contributed by atoms with Crippen molar-refractivity contribution in [2.45, 2.75) is 52.6 Å². The predicted octanol–water partition coefficient (Wildman–Crippen LogP) is 5.25. The minimum atomic E-state index is -0.0171. The number of halogens is 1. The molecule has 182 valence electrons. The Balaban J connectivity index is 1.79. The number of nitriles is 2. The third-order valence-electron chi connectivity index (χ3n) is 6.06. The molecule has 0 radical (unpaired) electrons. The highest BCUT2D eigenvalue weighted by atomic mass is 35.5. The quantitative estimate of drug-likeness (QED) is 0.374. The summed E-state index contributed by atoms with van der Waals surface area (Å²) in [6.45, 7) is 10.5. The Morgan fingerprint density at radius 2 is 1.69 bits per heavy atom. The van der Waals surface area contributed by atoms with Crippen LogP contribution in [0, 0.1) is 36.5 Å². The van der Waals surface area contributed by atoms with Gasteiger partial charge >= 0.3 is 0 Å². The molecular formula is C28H32ClN5O. The summed E-state index contributed by atoms with van der Waals surface area (Å²) in [5.41, 5.74) is 5.36. The third-order valence-corrected chi connectivity index (χ3v) is 6.37. The van der Waals surface area contributed by atoms with Crippen LogP contribution in [0.3, 0.4) is 0 Å². The van der Waals surface area contributed by atoms with Gasteiger partial charge in [0.15, 0.2) is 5.57 Å². The highest BCUT2D eigenvalue weighted by Gasteiger charge is 2.30. The van der Waals surface area contributed by atoms with Crippen molar-refractivity contribution in [1.29, 1.82) is 10.5 Å². The number of hydrogen-bond acceptors (Lipinski definition) is 5. The van der Waals surface area contributed by atoms with Gasteiger partial charge in [-0.2, -0.15) is 10.5 Å². The van der Waals surface area contributed by atoms with Gasteiger partial charge in [-0.1, -0.05) is 41.5 Å². The number of anilines is 1. The molecule has 2 aromatic carbocycles.